The van der Waals surface area contributed by atoms with Gasteiger partial charge in [0.25, 0.3) is 0 Å². The molecule has 78 valence electrons. The summed E-state index contributed by atoms with van der Waals surface area (Å²) < 4.78 is 18.3. The molecule has 2 rings (SSSR count). The SMILES string of the molecule is CNCc1cc(-c2ccoc2)ccc1F. The molecular formula is C12H12FNO. The Bertz CT molecular complexity index is 437. The summed E-state index contributed by atoms with van der Waals surface area (Å²) in [5.41, 5.74) is 2.60. The van der Waals surface area contributed by atoms with Crippen molar-refractivity contribution in [1.82, 2.24) is 5.32 Å². The maximum absolute atomic E-state index is 13.3. The number of rotatable bonds is 3. The molecule has 0 unspecified atom stereocenters. The average molecular weight is 205 g/mol. The van der Waals surface area contributed by atoms with E-state index in [1.807, 2.05) is 12.1 Å². The van der Waals surface area contributed by atoms with E-state index in [1.54, 1.807) is 25.6 Å². The van der Waals surface area contributed by atoms with E-state index < -0.39 is 0 Å². The standard InChI is InChI=1S/C12H12FNO/c1-14-7-11-6-9(2-3-12(11)13)10-4-5-15-8-10/h2-6,8,14H,7H2,1H3. The second-order valence-corrected chi connectivity index (χ2v) is 3.35. The molecule has 0 saturated carbocycles. The van der Waals surface area contributed by atoms with Crippen molar-refractivity contribution >= 4 is 0 Å². The van der Waals surface area contributed by atoms with Crippen molar-refractivity contribution in [2.45, 2.75) is 6.54 Å². The van der Waals surface area contributed by atoms with Crippen LogP contribution in [0, 0.1) is 5.82 Å². The monoisotopic (exact) mass is 205 g/mol. The van der Waals surface area contributed by atoms with E-state index in [0.717, 1.165) is 11.1 Å². The van der Waals surface area contributed by atoms with Crippen LogP contribution in [0.3, 0.4) is 0 Å². The molecule has 0 aliphatic carbocycles. The Kier molecular flexibility index (Phi) is 2.83. The molecule has 1 aromatic carbocycles. The minimum Gasteiger partial charge on any atom is -0.472 e. The fourth-order valence-electron chi connectivity index (χ4n) is 1.51. The molecule has 0 fully saturated rings. The molecule has 0 amide bonds. The third-order valence-electron chi connectivity index (χ3n) is 2.27. The highest BCUT2D eigenvalue weighted by molar-refractivity contribution is 5.62. The molecule has 1 heterocycles. The molecule has 2 nitrogen and oxygen atoms in total. The van der Waals surface area contributed by atoms with Crippen LogP contribution in [0.15, 0.2) is 41.2 Å². The lowest BCUT2D eigenvalue weighted by molar-refractivity contribution is 0.568. The highest BCUT2D eigenvalue weighted by atomic mass is 19.1. The Morgan fingerprint density at radius 3 is 2.80 bits per heavy atom. The zero-order valence-electron chi connectivity index (χ0n) is 8.46. The zero-order valence-corrected chi connectivity index (χ0v) is 8.46. The second kappa shape index (κ2) is 4.28. The van der Waals surface area contributed by atoms with Gasteiger partial charge in [-0.1, -0.05) is 6.07 Å². The van der Waals surface area contributed by atoms with Gasteiger partial charge in [0.1, 0.15) is 5.82 Å². The van der Waals surface area contributed by atoms with Gasteiger partial charge >= 0.3 is 0 Å². The van der Waals surface area contributed by atoms with Crippen LogP contribution >= 0.6 is 0 Å². The van der Waals surface area contributed by atoms with Crippen molar-refractivity contribution in [1.29, 1.82) is 0 Å². The highest BCUT2D eigenvalue weighted by Gasteiger charge is 2.04. The number of furan rings is 1. The molecule has 0 aliphatic rings. The van der Waals surface area contributed by atoms with E-state index in [9.17, 15) is 4.39 Å². The summed E-state index contributed by atoms with van der Waals surface area (Å²) in [6, 6.07) is 6.92. The van der Waals surface area contributed by atoms with Crippen LogP contribution in [-0.2, 0) is 6.54 Å². The number of halogens is 1. The van der Waals surface area contributed by atoms with Gasteiger partial charge in [-0.05, 0) is 30.8 Å². The van der Waals surface area contributed by atoms with E-state index in [-0.39, 0.29) is 5.82 Å². The van der Waals surface area contributed by atoms with Gasteiger partial charge in [-0.25, -0.2) is 4.39 Å². The minimum absolute atomic E-state index is 0.184. The van der Waals surface area contributed by atoms with Gasteiger partial charge in [0.05, 0.1) is 12.5 Å². The molecule has 0 saturated heterocycles. The van der Waals surface area contributed by atoms with Crippen LogP contribution in [0.2, 0.25) is 0 Å². The van der Waals surface area contributed by atoms with Gasteiger partial charge < -0.3 is 9.73 Å². The first-order valence-electron chi connectivity index (χ1n) is 4.77. The topological polar surface area (TPSA) is 25.2 Å². The molecule has 0 aliphatic heterocycles. The molecular weight excluding hydrogens is 193 g/mol. The van der Waals surface area contributed by atoms with Crippen LogP contribution in [-0.4, -0.2) is 7.05 Å². The predicted molar refractivity (Wildman–Crippen MR) is 56.9 cm³/mol. The smallest absolute Gasteiger partial charge is 0.127 e. The lowest BCUT2D eigenvalue weighted by Gasteiger charge is -2.04. The van der Waals surface area contributed by atoms with Crippen molar-refractivity contribution in [2.24, 2.45) is 0 Å². The zero-order chi connectivity index (χ0) is 10.7. The van der Waals surface area contributed by atoms with Gasteiger partial charge in [0.15, 0.2) is 0 Å². The maximum atomic E-state index is 13.3. The molecule has 1 aromatic heterocycles. The van der Waals surface area contributed by atoms with Crippen LogP contribution in [0.5, 0.6) is 0 Å². The van der Waals surface area contributed by atoms with Gasteiger partial charge in [-0.2, -0.15) is 0 Å². The first kappa shape index (κ1) is 9.93. The summed E-state index contributed by atoms with van der Waals surface area (Å²) in [7, 11) is 1.80. The van der Waals surface area contributed by atoms with Crippen LogP contribution in [0.4, 0.5) is 4.39 Å². The Labute approximate surface area is 87.7 Å². The predicted octanol–water partition coefficient (Wildman–Crippen LogP) is 2.81. The summed E-state index contributed by atoms with van der Waals surface area (Å²) in [6.45, 7) is 0.525. The highest BCUT2D eigenvalue weighted by Crippen LogP contribution is 2.22. The fraction of sp³-hybridized carbons (Fsp3) is 0.167. The van der Waals surface area contributed by atoms with Crippen LogP contribution in [0.25, 0.3) is 11.1 Å². The van der Waals surface area contributed by atoms with Gasteiger partial charge in [0, 0.05) is 17.7 Å². The van der Waals surface area contributed by atoms with Crippen molar-refractivity contribution in [3.63, 3.8) is 0 Å². The molecule has 0 bridgehead atoms. The maximum Gasteiger partial charge on any atom is 0.127 e. The van der Waals surface area contributed by atoms with E-state index in [1.165, 1.54) is 6.07 Å². The molecule has 2 aromatic rings. The molecule has 15 heavy (non-hydrogen) atoms. The van der Waals surface area contributed by atoms with Crippen LogP contribution in [0.1, 0.15) is 5.56 Å². The first-order chi connectivity index (χ1) is 7.31. The molecule has 0 spiro atoms. The van der Waals surface area contributed by atoms with Gasteiger partial charge in [-0.3, -0.25) is 0 Å². The summed E-state index contributed by atoms with van der Waals surface area (Å²) in [5.74, 6) is -0.184. The molecule has 0 radical (unpaired) electrons. The van der Waals surface area contributed by atoms with E-state index in [4.69, 9.17) is 4.42 Å². The minimum atomic E-state index is -0.184. The number of nitrogens with one attached hydrogen (secondary N) is 1. The van der Waals surface area contributed by atoms with Crippen molar-refractivity contribution in [2.75, 3.05) is 7.05 Å². The average Bonchev–Trinajstić information content (AvgIpc) is 2.75. The largest absolute Gasteiger partial charge is 0.472 e. The summed E-state index contributed by atoms with van der Waals surface area (Å²) >= 11 is 0. The number of hydrogen-bond donors (Lipinski definition) is 1. The van der Waals surface area contributed by atoms with E-state index in [2.05, 4.69) is 5.32 Å². The van der Waals surface area contributed by atoms with Crippen molar-refractivity contribution < 1.29 is 8.81 Å². The number of hydrogen-bond acceptors (Lipinski definition) is 2. The summed E-state index contributed by atoms with van der Waals surface area (Å²) in [5, 5.41) is 2.93. The quantitative estimate of drug-likeness (QED) is 0.833. The Morgan fingerprint density at radius 1 is 1.27 bits per heavy atom. The Morgan fingerprint density at radius 2 is 2.13 bits per heavy atom. The normalized spacial score (nSPS) is 10.5. The Hall–Kier alpha value is -1.61. The number of benzene rings is 1. The summed E-state index contributed by atoms with van der Waals surface area (Å²) in [4.78, 5) is 0. The van der Waals surface area contributed by atoms with Gasteiger partial charge in [0.2, 0.25) is 0 Å². The molecule has 1 N–H and O–H groups in total. The third-order valence-corrected chi connectivity index (χ3v) is 2.27. The molecule has 3 heteroatoms. The van der Waals surface area contributed by atoms with Crippen molar-refractivity contribution in [3.8, 4) is 11.1 Å². The molecule has 0 atom stereocenters. The van der Waals surface area contributed by atoms with Crippen LogP contribution < -0.4 is 5.32 Å². The lowest BCUT2D eigenvalue weighted by Crippen LogP contribution is -2.06. The van der Waals surface area contributed by atoms with Crippen molar-refractivity contribution in [3.05, 3.63) is 48.2 Å². The Balaban J connectivity index is 2.38. The fourth-order valence-corrected chi connectivity index (χ4v) is 1.51. The van der Waals surface area contributed by atoms with E-state index in [0.29, 0.717) is 12.1 Å². The van der Waals surface area contributed by atoms with Gasteiger partial charge in [-0.15, -0.1) is 0 Å². The first-order valence-corrected chi connectivity index (χ1v) is 4.77. The van der Waals surface area contributed by atoms with E-state index >= 15 is 0 Å². The second-order valence-electron chi connectivity index (χ2n) is 3.35. The lowest BCUT2D eigenvalue weighted by atomic mass is 10.1. The summed E-state index contributed by atoms with van der Waals surface area (Å²) in [6.07, 6.45) is 3.26. The third kappa shape index (κ3) is 2.07.